The number of phosphoric acid groups is 1. The Morgan fingerprint density at radius 3 is 1.33 bits per heavy atom. The second-order valence-corrected chi connectivity index (χ2v) is 21.4. The van der Waals surface area contributed by atoms with Crippen LogP contribution in [-0.4, -0.2) is 63.7 Å². The van der Waals surface area contributed by atoms with Crippen LogP contribution >= 0.6 is 7.82 Å². The third kappa shape index (κ3) is 34.2. The molecule has 0 radical (unpaired) electrons. The first-order valence-electron chi connectivity index (χ1n) is 28.8. The summed E-state index contributed by atoms with van der Waals surface area (Å²) in [5, 5.41) is 2.60. The number of methoxy groups -OCH3 is 1. The Balaban J connectivity index is 1.69. The maximum absolute atomic E-state index is 14.5. The SMILES string of the molecule is CCCCCCCCCCCCCCCC(=O)OC(COCc1ccc(OC)cc1)[C@@H](COP(=O)(OCCNC(=O)OCc1ccccc1)OCc1ccccc1)OC(=O)CCCCCCCCCCCCCCC. The van der Waals surface area contributed by atoms with Crippen LogP contribution in [0.25, 0.3) is 0 Å². The molecule has 3 atom stereocenters. The van der Waals surface area contributed by atoms with Crippen LogP contribution in [0.3, 0.4) is 0 Å². The minimum Gasteiger partial charge on any atom is -0.497 e. The standard InChI is InChI=1S/C61H96NO12P/c1-4-6-8-10-12-14-16-18-20-22-24-26-34-40-59(63)73-57(51-68-48-55-42-44-56(67-3)45-43-55)58(74-60(64)41-35-27-25-23-21-19-17-15-13-11-9-7-5-2)52-72-75(66,71-50-54-38-32-29-33-39-54)70-47-46-62-61(65)69-49-53-36-30-28-31-37-53/h28-33,36-39,42-45,57-58H,4-27,34-35,40-41,46-52H2,1-3H3,(H,62,65)/t57?,58-,75?/m1/s1. The van der Waals surface area contributed by atoms with Crippen molar-refractivity contribution in [1.29, 1.82) is 0 Å². The molecule has 3 aromatic carbocycles. The summed E-state index contributed by atoms with van der Waals surface area (Å²) in [6, 6.07) is 25.8. The minimum absolute atomic E-state index is 0.0732. The number of amides is 1. The van der Waals surface area contributed by atoms with Crippen molar-refractivity contribution in [2.75, 3.05) is 33.5 Å². The summed E-state index contributed by atoms with van der Waals surface area (Å²) in [4.78, 5) is 39.9. The third-order valence-corrected chi connectivity index (χ3v) is 14.5. The number of carbonyl (C=O) groups excluding carboxylic acids is 3. The number of rotatable bonds is 48. The Bertz CT molecular complexity index is 1900. The Labute approximate surface area is 452 Å². The fourth-order valence-corrected chi connectivity index (χ4v) is 9.74. The van der Waals surface area contributed by atoms with E-state index in [2.05, 4.69) is 19.2 Å². The van der Waals surface area contributed by atoms with Gasteiger partial charge in [-0.3, -0.25) is 23.2 Å². The Hall–Kier alpha value is -4.26. The van der Waals surface area contributed by atoms with Gasteiger partial charge in [0.1, 0.15) is 12.4 Å². The fourth-order valence-electron chi connectivity index (χ4n) is 8.57. The quantitative estimate of drug-likeness (QED) is 0.0248. The van der Waals surface area contributed by atoms with Crippen molar-refractivity contribution < 1.29 is 56.2 Å². The summed E-state index contributed by atoms with van der Waals surface area (Å²) in [5.74, 6) is -0.261. The molecule has 0 fully saturated rings. The highest BCUT2D eigenvalue weighted by molar-refractivity contribution is 7.48. The zero-order chi connectivity index (χ0) is 53.7. The third-order valence-electron chi connectivity index (χ3n) is 13.1. The highest BCUT2D eigenvalue weighted by atomic mass is 31.2. The molecule has 14 heteroatoms. The van der Waals surface area contributed by atoms with Gasteiger partial charge >= 0.3 is 25.9 Å². The minimum atomic E-state index is -4.43. The van der Waals surface area contributed by atoms with Crippen LogP contribution in [0.1, 0.15) is 210 Å². The van der Waals surface area contributed by atoms with Crippen LogP contribution in [0, 0.1) is 0 Å². The van der Waals surface area contributed by atoms with Gasteiger partial charge in [0.15, 0.2) is 12.2 Å². The molecule has 1 amide bonds. The second-order valence-electron chi connectivity index (χ2n) is 19.7. The topological polar surface area (TPSA) is 154 Å². The van der Waals surface area contributed by atoms with Gasteiger partial charge in [0.2, 0.25) is 0 Å². The highest BCUT2D eigenvalue weighted by Crippen LogP contribution is 2.50. The predicted octanol–water partition coefficient (Wildman–Crippen LogP) is 16.3. The summed E-state index contributed by atoms with van der Waals surface area (Å²) in [6.07, 6.45) is 27.8. The van der Waals surface area contributed by atoms with Crippen molar-refractivity contribution in [3.05, 3.63) is 102 Å². The molecule has 75 heavy (non-hydrogen) atoms. The molecule has 422 valence electrons. The number of alkyl carbamates (subject to hydrolysis) is 1. The van der Waals surface area contributed by atoms with Gasteiger partial charge in [-0.25, -0.2) is 9.36 Å². The first-order chi connectivity index (χ1) is 36.7. The molecule has 3 rings (SSSR count). The smallest absolute Gasteiger partial charge is 0.475 e. The molecule has 0 aromatic heterocycles. The first-order valence-corrected chi connectivity index (χ1v) is 30.3. The lowest BCUT2D eigenvalue weighted by molar-refractivity contribution is -0.176. The van der Waals surface area contributed by atoms with E-state index in [0.717, 1.165) is 49.7 Å². The average molecular weight is 1070 g/mol. The van der Waals surface area contributed by atoms with Gasteiger partial charge in [-0.2, -0.15) is 0 Å². The average Bonchev–Trinajstić information content (AvgIpc) is 3.43. The molecular weight excluding hydrogens is 970 g/mol. The number of carbonyl (C=O) groups is 3. The Kier molecular flexibility index (Phi) is 38.0. The van der Waals surface area contributed by atoms with Crippen LogP contribution in [0.15, 0.2) is 84.9 Å². The van der Waals surface area contributed by atoms with Gasteiger partial charge in [-0.05, 0) is 41.7 Å². The van der Waals surface area contributed by atoms with Gasteiger partial charge in [0, 0.05) is 19.4 Å². The molecule has 0 saturated carbocycles. The van der Waals surface area contributed by atoms with Crippen LogP contribution < -0.4 is 10.1 Å². The molecule has 2 unspecified atom stereocenters. The zero-order valence-corrected chi connectivity index (χ0v) is 47.2. The fraction of sp³-hybridized carbons (Fsp3) is 0.656. The number of nitrogens with one attached hydrogen (secondary N) is 1. The Morgan fingerprint density at radius 2 is 0.880 bits per heavy atom. The van der Waals surface area contributed by atoms with E-state index in [9.17, 15) is 18.9 Å². The highest BCUT2D eigenvalue weighted by Gasteiger charge is 2.35. The summed E-state index contributed by atoms with van der Waals surface area (Å²) < 4.78 is 61.2. The maximum atomic E-state index is 14.5. The number of ether oxygens (including phenoxy) is 5. The van der Waals surface area contributed by atoms with E-state index >= 15 is 0 Å². The number of benzene rings is 3. The predicted molar refractivity (Wildman–Crippen MR) is 298 cm³/mol. The normalized spacial score (nSPS) is 12.9. The van der Waals surface area contributed by atoms with Gasteiger partial charge in [-0.15, -0.1) is 0 Å². The van der Waals surface area contributed by atoms with Crippen molar-refractivity contribution in [3.63, 3.8) is 0 Å². The summed E-state index contributed by atoms with van der Waals surface area (Å²) in [6.45, 7) is 3.60. The molecule has 1 N–H and O–H groups in total. The molecule has 3 aromatic rings. The van der Waals surface area contributed by atoms with Crippen LogP contribution in [0.4, 0.5) is 4.79 Å². The zero-order valence-electron chi connectivity index (χ0n) is 46.3. The van der Waals surface area contributed by atoms with Gasteiger partial charge in [-0.1, -0.05) is 241 Å². The lowest BCUT2D eigenvalue weighted by Gasteiger charge is -2.28. The second kappa shape index (κ2) is 43.8. The van der Waals surface area contributed by atoms with Crippen molar-refractivity contribution >= 4 is 25.9 Å². The van der Waals surface area contributed by atoms with E-state index < -0.39 is 44.7 Å². The van der Waals surface area contributed by atoms with Crippen molar-refractivity contribution in [1.82, 2.24) is 5.32 Å². The number of unbranched alkanes of at least 4 members (excludes halogenated alkanes) is 24. The van der Waals surface area contributed by atoms with Crippen molar-refractivity contribution in [2.24, 2.45) is 0 Å². The summed E-state index contributed by atoms with van der Waals surface area (Å²) in [7, 11) is -2.83. The lowest BCUT2D eigenvalue weighted by Crippen LogP contribution is -2.41. The summed E-state index contributed by atoms with van der Waals surface area (Å²) >= 11 is 0. The summed E-state index contributed by atoms with van der Waals surface area (Å²) in [5.41, 5.74) is 2.38. The van der Waals surface area contributed by atoms with Crippen LogP contribution in [0.5, 0.6) is 5.75 Å². The molecule has 0 aliphatic rings. The molecular formula is C61H96NO12P. The number of hydrogen-bond donors (Lipinski definition) is 1. The molecule has 0 spiro atoms. The largest absolute Gasteiger partial charge is 0.497 e. The number of phosphoric ester groups is 1. The molecule has 0 aliphatic heterocycles. The monoisotopic (exact) mass is 1070 g/mol. The van der Waals surface area contributed by atoms with E-state index in [1.807, 2.05) is 84.9 Å². The Morgan fingerprint density at radius 1 is 0.467 bits per heavy atom. The molecule has 0 heterocycles. The number of hydrogen-bond acceptors (Lipinski definition) is 12. The molecule has 0 bridgehead atoms. The van der Waals surface area contributed by atoms with E-state index in [-0.39, 0.29) is 52.4 Å². The van der Waals surface area contributed by atoms with Crippen LogP contribution in [0.2, 0.25) is 0 Å². The van der Waals surface area contributed by atoms with E-state index in [0.29, 0.717) is 24.2 Å². The lowest BCUT2D eigenvalue weighted by atomic mass is 10.0. The van der Waals surface area contributed by atoms with Crippen molar-refractivity contribution in [3.8, 4) is 5.75 Å². The maximum Gasteiger partial charge on any atom is 0.475 e. The first kappa shape index (κ1) is 65.0. The molecule has 0 aliphatic carbocycles. The molecule has 13 nitrogen and oxygen atoms in total. The van der Waals surface area contributed by atoms with Gasteiger partial charge in [0.05, 0.1) is 40.1 Å². The van der Waals surface area contributed by atoms with E-state index in [1.54, 1.807) is 7.11 Å². The van der Waals surface area contributed by atoms with Gasteiger partial charge in [0.25, 0.3) is 0 Å². The van der Waals surface area contributed by atoms with Gasteiger partial charge < -0.3 is 29.0 Å². The van der Waals surface area contributed by atoms with Crippen molar-refractivity contribution in [2.45, 2.75) is 226 Å². The van der Waals surface area contributed by atoms with Crippen LogP contribution in [-0.2, 0) is 66.5 Å². The van der Waals surface area contributed by atoms with E-state index in [4.69, 9.17) is 37.3 Å². The van der Waals surface area contributed by atoms with E-state index in [1.165, 1.54) is 116 Å². The molecule has 0 saturated heterocycles. The number of esters is 2.